The molecule has 0 saturated heterocycles. The fourth-order valence-electron chi connectivity index (χ4n) is 0.839. The van der Waals surface area contributed by atoms with E-state index in [1.165, 1.54) is 0 Å². The Morgan fingerprint density at radius 3 is 2.82 bits per heavy atom. The Bertz CT molecular complexity index is 245. The number of benzene rings is 1. The van der Waals surface area contributed by atoms with Crippen LogP contribution in [-0.4, -0.2) is 5.52 Å². The Morgan fingerprint density at radius 1 is 1.45 bits per heavy atom. The highest BCUT2D eigenvalue weighted by molar-refractivity contribution is 9.09. The Morgan fingerprint density at radius 2 is 2.18 bits per heavy atom. The summed E-state index contributed by atoms with van der Waals surface area (Å²) < 4.78 is 5.27. The summed E-state index contributed by atoms with van der Waals surface area (Å²) in [4.78, 5) is 0. The van der Waals surface area contributed by atoms with Gasteiger partial charge >= 0.3 is 0 Å². The van der Waals surface area contributed by atoms with Crippen molar-refractivity contribution >= 4 is 22.0 Å². The summed E-state index contributed by atoms with van der Waals surface area (Å²) in [6.07, 6.45) is 1.78. The second-order valence-corrected chi connectivity index (χ2v) is 2.45. The van der Waals surface area contributed by atoms with Crippen molar-refractivity contribution in [2.45, 2.75) is 0 Å². The third-order valence-electron chi connectivity index (χ3n) is 1.35. The first kappa shape index (κ1) is 8.34. The zero-order chi connectivity index (χ0) is 8.10. The minimum absolute atomic E-state index is 0.512. The number of hydrogen-bond acceptors (Lipinski definition) is 1. The first-order valence-electron chi connectivity index (χ1n) is 3.28. The molecule has 1 aromatic carbocycles. The molecule has 1 rings (SSSR count). The van der Waals surface area contributed by atoms with Crippen molar-refractivity contribution in [3.63, 3.8) is 0 Å². The van der Waals surface area contributed by atoms with Crippen LogP contribution in [0.2, 0.25) is 0 Å². The number of para-hydroxylation sites is 1. The summed E-state index contributed by atoms with van der Waals surface area (Å²) in [5, 5.41) is 0. The molecule has 0 N–H and O–H groups in total. The van der Waals surface area contributed by atoms with Crippen molar-refractivity contribution in [3.8, 4) is 5.75 Å². The van der Waals surface area contributed by atoms with Gasteiger partial charge in [0.15, 0.2) is 0 Å². The zero-order valence-electron chi connectivity index (χ0n) is 6.09. The Balaban J connectivity index is 2.92. The highest BCUT2D eigenvalue weighted by atomic mass is 79.9. The minimum atomic E-state index is 0.512. The molecule has 0 saturated carbocycles. The lowest BCUT2D eigenvalue weighted by Crippen LogP contribution is -1.90. The quantitative estimate of drug-likeness (QED) is 0.701. The van der Waals surface area contributed by atoms with E-state index in [0.29, 0.717) is 5.52 Å². The van der Waals surface area contributed by atoms with Crippen molar-refractivity contribution in [2.24, 2.45) is 0 Å². The van der Waals surface area contributed by atoms with Crippen LogP contribution in [0.5, 0.6) is 5.75 Å². The van der Waals surface area contributed by atoms with Crippen molar-refractivity contribution < 1.29 is 4.74 Å². The first-order valence-corrected chi connectivity index (χ1v) is 4.41. The normalized spacial score (nSPS) is 9.18. The lowest BCUT2D eigenvalue weighted by molar-refractivity contribution is 0.397. The number of halogens is 1. The highest BCUT2D eigenvalue weighted by Gasteiger charge is 1.95. The maximum absolute atomic E-state index is 5.27. The molecule has 1 nitrogen and oxygen atoms in total. The third-order valence-corrected chi connectivity index (χ3v) is 1.58. The molecular weight excluding hydrogens is 204 g/mol. The molecule has 0 unspecified atom stereocenters. The number of hydrogen-bond donors (Lipinski definition) is 0. The lowest BCUT2D eigenvalue weighted by Gasteiger charge is -2.04. The van der Waals surface area contributed by atoms with Crippen LogP contribution in [-0.2, 0) is 0 Å². The van der Waals surface area contributed by atoms with Gasteiger partial charge in [-0.1, -0.05) is 30.9 Å². The molecule has 1 aromatic rings. The molecular formula is C9H9BrO. The molecule has 0 heterocycles. The predicted molar refractivity (Wildman–Crippen MR) is 51.0 cm³/mol. The summed E-state index contributed by atoms with van der Waals surface area (Å²) in [6.45, 7) is 3.68. The smallest absolute Gasteiger partial charge is 0.143 e. The molecule has 0 bridgehead atoms. The maximum Gasteiger partial charge on any atom is 0.143 e. The molecule has 0 spiro atoms. The monoisotopic (exact) mass is 212 g/mol. The van der Waals surface area contributed by atoms with Gasteiger partial charge in [0, 0.05) is 5.56 Å². The van der Waals surface area contributed by atoms with E-state index in [4.69, 9.17) is 4.74 Å². The second kappa shape index (κ2) is 4.19. The van der Waals surface area contributed by atoms with Crippen molar-refractivity contribution in [1.29, 1.82) is 0 Å². The maximum atomic E-state index is 5.27. The van der Waals surface area contributed by atoms with Crippen molar-refractivity contribution in [3.05, 3.63) is 36.4 Å². The van der Waals surface area contributed by atoms with Gasteiger partial charge in [0.25, 0.3) is 0 Å². The van der Waals surface area contributed by atoms with Crippen LogP contribution < -0.4 is 4.74 Å². The van der Waals surface area contributed by atoms with Crippen molar-refractivity contribution in [2.75, 3.05) is 5.52 Å². The van der Waals surface area contributed by atoms with E-state index in [1.54, 1.807) is 6.08 Å². The van der Waals surface area contributed by atoms with Crippen LogP contribution in [0.1, 0.15) is 5.56 Å². The van der Waals surface area contributed by atoms with Crippen LogP contribution in [0.3, 0.4) is 0 Å². The van der Waals surface area contributed by atoms with Crippen LogP contribution in [0.4, 0.5) is 0 Å². The van der Waals surface area contributed by atoms with Gasteiger partial charge in [-0.25, -0.2) is 0 Å². The SMILES string of the molecule is C=Cc1ccccc1OCBr. The van der Waals surface area contributed by atoms with Crippen molar-refractivity contribution in [1.82, 2.24) is 0 Å². The van der Waals surface area contributed by atoms with Gasteiger partial charge < -0.3 is 4.74 Å². The summed E-state index contributed by atoms with van der Waals surface area (Å²) in [5.41, 5.74) is 1.53. The molecule has 11 heavy (non-hydrogen) atoms. The average Bonchev–Trinajstić information content (AvgIpc) is 2.06. The largest absolute Gasteiger partial charge is 0.482 e. The number of rotatable bonds is 3. The lowest BCUT2D eigenvalue weighted by atomic mass is 10.2. The van der Waals surface area contributed by atoms with E-state index in [0.717, 1.165) is 11.3 Å². The van der Waals surface area contributed by atoms with Gasteiger partial charge in [0.05, 0.1) is 0 Å². The summed E-state index contributed by atoms with van der Waals surface area (Å²) >= 11 is 3.19. The number of alkyl halides is 1. The van der Waals surface area contributed by atoms with Gasteiger partial charge in [-0.2, -0.15) is 0 Å². The Hall–Kier alpha value is -0.760. The predicted octanol–water partition coefficient (Wildman–Crippen LogP) is 3.06. The average molecular weight is 213 g/mol. The Labute approximate surface area is 74.8 Å². The van der Waals surface area contributed by atoms with E-state index < -0.39 is 0 Å². The third kappa shape index (κ3) is 2.09. The molecule has 0 atom stereocenters. The van der Waals surface area contributed by atoms with Gasteiger partial charge in [-0.15, -0.1) is 0 Å². The summed E-state index contributed by atoms with van der Waals surface area (Å²) in [5.74, 6) is 0.861. The fourth-order valence-corrected chi connectivity index (χ4v) is 1.09. The molecule has 0 aliphatic carbocycles. The highest BCUT2D eigenvalue weighted by Crippen LogP contribution is 2.18. The molecule has 58 valence electrons. The molecule has 0 aromatic heterocycles. The van der Waals surface area contributed by atoms with Crippen LogP contribution >= 0.6 is 15.9 Å². The fraction of sp³-hybridized carbons (Fsp3) is 0.111. The standard InChI is InChI=1S/C9H9BrO/c1-2-8-5-3-4-6-9(8)11-7-10/h2-6H,1,7H2. The summed E-state index contributed by atoms with van der Waals surface area (Å²) in [6, 6.07) is 7.77. The molecule has 0 radical (unpaired) electrons. The van der Waals surface area contributed by atoms with Crippen LogP contribution in [0.15, 0.2) is 30.8 Å². The van der Waals surface area contributed by atoms with Gasteiger partial charge in [-0.3, -0.25) is 0 Å². The van der Waals surface area contributed by atoms with E-state index in [9.17, 15) is 0 Å². The number of ether oxygens (including phenoxy) is 1. The van der Waals surface area contributed by atoms with Gasteiger partial charge in [0.1, 0.15) is 11.3 Å². The molecule has 0 aliphatic rings. The first-order chi connectivity index (χ1) is 5.38. The Kier molecular flexibility index (Phi) is 3.17. The zero-order valence-corrected chi connectivity index (χ0v) is 7.67. The van der Waals surface area contributed by atoms with Gasteiger partial charge in [0.2, 0.25) is 0 Å². The minimum Gasteiger partial charge on any atom is -0.482 e. The summed E-state index contributed by atoms with van der Waals surface area (Å²) in [7, 11) is 0. The molecule has 0 fully saturated rings. The van der Waals surface area contributed by atoms with E-state index in [2.05, 4.69) is 22.5 Å². The topological polar surface area (TPSA) is 9.23 Å². The molecule has 2 heteroatoms. The van der Waals surface area contributed by atoms with E-state index in [1.807, 2.05) is 24.3 Å². The van der Waals surface area contributed by atoms with Gasteiger partial charge in [-0.05, 0) is 22.0 Å². The molecule has 0 aliphatic heterocycles. The van der Waals surface area contributed by atoms with Crippen LogP contribution in [0.25, 0.3) is 6.08 Å². The second-order valence-electron chi connectivity index (χ2n) is 2.00. The molecule has 0 amide bonds. The van der Waals surface area contributed by atoms with E-state index >= 15 is 0 Å². The van der Waals surface area contributed by atoms with E-state index in [-0.39, 0.29) is 0 Å². The van der Waals surface area contributed by atoms with Crippen LogP contribution in [0, 0.1) is 0 Å².